The van der Waals surface area contributed by atoms with E-state index in [0.717, 1.165) is 0 Å². The van der Waals surface area contributed by atoms with Crippen molar-refractivity contribution >= 4 is 23.5 Å². The molecule has 1 aromatic heterocycles. The summed E-state index contributed by atoms with van der Waals surface area (Å²) in [5.41, 5.74) is 6.47. The van der Waals surface area contributed by atoms with Crippen LogP contribution < -0.4 is 5.73 Å². The Hall–Kier alpha value is -1.30. The minimum atomic E-state index is -0.472. The van der Waals surface area contributed by atoms with Crippen LogP contribution in [0.2, 0.25) is 0 Å². The van der Waals surface area contributed by atoms with E-state index >= 15 is 0 Å². The van der Waals surface area contributed by atoms with Gasteiger partial charge in [0.05, 0.1) is 12.3 Å². The number of aromatic nitrogens is 2. The molecule has 0 spiro atoms. The molecule has 0 saturated carbocycles. The Labute approximate surface area is 92.4 Å². The third kappa shape index (κ3) is 2.59. The summed E-state index contributed by atoms with van der Waals surface area (Å²) in [6.07, 6.45) is 1.85. The van der Waals surface area contributed by atoms with Gasteiger partial charge in [-0.15, -0.1) is 0 Å². The second kappa shape index (κ2) is 4.97. The van der Waals surface area contributed by atoms with E-state index in [4.69, 9.17) is 10.5 Å². The van der Waals surface area contributed by atoms with Crippen LogP contribution in [0.15, 0.2) is 5.16 Å². The SMILES string of the molecule is CCOC(=O)c1c(C)nc(SC)nc1N. The van der Waals surface area contributed by atoms with Gasteiger partial charge in [-0.2, -0.15) is 0 Å². The first kappa shape index (κ1) is 11.8. The van der Waals surface area contributed by atoms with E-state index in [0.29, 0.717) is 17.5 Å². The van der Waals surface area contributed by atoms with E-state index in [-0.39, 0.29) is 11.4 Å². The number of aryl methyl sites for hydroxylation is 1. The summed E-state index contributed by atoms with van der Waals surface area (Å²) in [7, 11) is 0. The molecule has 1 aromatic rings. The van der Waals surface area contributed by atoms with Gasteiger partial charge in [0, 0.05) is 0 Å². The molecule has 0 bridgehead atoms. The summed E-state index contributed by atoms with van der Waals surface area (Å²) < 4.78 is 4.86. The zero-order valence-electron chi connectivity index (χ0n) is 8.90. The highest BCUT2D eigenvalue weighted by Gasteiger charge is 2.17. The lowest BCUT2D eigenvalue weighted by molar-refractivity contribution is 0.0525. The Balaban J connectivity index is 3.13. The number of hydrogen-bond acceptors (Lipinski definition) is 6. The van der Waals surface area contributed by atoms with Crippen LogP contribution in [0, 0.1) is 6.92 Å². The highest BCUT2D eigenvalue weighted by atomic mass is 32.2. The van der Waals surface area contributed by atoms with Crippen LogP contribution in [0.3, 0.4) is 0 Å². The van der Waals surface area contributed by atoms with Gasteiger partial charge in [-0.3, -0.25) is 0 Å². The molecule has 0 aliphatic carbocycles. The number of anilines is 1. The van der Waals surface area contributed by atoms with Crippen molar-refractivity contribution in [1.82, 2.24) is 9.97 Å². The number of nitrogens with zero attached hydrogens (tertiary/aromatic N) is 2. The highest BCUT2D eigenvalue weighted by Crippen LogP contribution is 2.18. The van der Waals surface area contributed by atoms with Crippen molar-refractivity contribution in [2.45, 2.75) is 19.0 Å². The summed E-state index contributed by atoms with van der Waals surface area (Å²) in [5, 5.41) is 0.554. The van der Waals surface area contributed by atoms with E-state index in [1.165, 1.54) is 11.8 Å². The molecule has 2 N–H and O–H groups in total. The smallest absolute Gasteiger partial charge is 0.343 e. The number of rotatable bonds is 3. The number of hydrogen-bond donors (Lipinski definition) is 1. The van der Waals surface area contributed by atoms with Gasteiger partial charge < -0.3 is 10.5 Å². The van der Waals surface area contributed by atoms with Crippen molar-refractivity contribution in [3.05, 3.63) is 11.3 Å². The predicted molar refractivity (Wildman–Crippen MR) is 58.9 cm³/mol. The summed E-state index contributed by atoms with van der Waals surface area (Å²) >= 11 is 1.38. The monoisotopic (exact) mass is 227 g/mol. The first-order valence-electron chi connectivity index (χ1n) is 4.45. The molecular formula is C9H13N3O2S. The van der Waals surface area contributed by atoms with Crippen LogP contribution in [-0.4, -0.2) is 28.8 Å². The molecule has 0 aliphatic rings. The minimum absolute atomic E-state index is 0.172. The van der Waals surface area contributed by atoms with Crippen LogP contribution in [0.5, 0.6) is 0 Å². The van der Waals surface area contributed by atoms with Crippen LogP contribution >= 0.6 is 11.8 Å². The lowest BCUT2D eigenvalue weighted by Gasteiger charge is -2.08. The number of ether oxygens (including phenoxy) is 1. The standard InChI is InChI=1S/C9H13N3O2S/c1-4-14-8(13)6-5(2)11-9(15-3)12-7(6)10/h4H2,1-3H3,(H2,10,11,12). The van der Waals surface area contributed by atoms with Gasteiger partial charge in [-0.1, -0.05) is 11.8 Å². The van der Waals surface area contributed by atoms with E-state index in [2.05, 4.69) is 9.97 Å². The molecule has 0 fully saturated rings. The predicted octanol–water partition coefficient (Wildman–Crippen LogP) is 1.27. The van der Waals surface area contributed by atoms with E-state index < -0.39 is 5.97 Å². The molecule has 5 nitrogen and oxygen atoms in total. The van der Waals surface area contributed by atoms with Crippen molar-refractivity contribution in [3.8, 4) is 0 Å². The fourth-order valence-electron chi connectivity index (χ4n) is 1.12. The summed E-state index contributed by atoms with van der Waals surface area (Å²) in [6, 6.07) is 0. The molecule has 0 unspecified atom stereocenters. The fourth-order valence-corrected chi connectivity index (χ4v) is 1.53. The molecule has 82 valence electrons. The molecule has 6 heteroatoms. The molecule has 0 radical (unpaired) electrons. The van der Waals surface area contributed by atoms with Gasteiger partial charge in [-0.25, -0.2) is 14.8 Å². The second-order valence-corrected chi connectivity index (χ2v) is 3.55. The van der Waals surface area contributed by atoms with E-state index in [1.807, 2.05) is 6.26 Å². The van der Waals surface area contributed by atoms with Crippen molar-refractivity contribution in [2.75, 3.05) is 18.6 Å². The van der Waals surface area contributed by atoms with Crippen LogP contribution in [0.4, 0.5) is 5.82 Å². The van der Waals surface area contributed by atoms with Gasteiger partial charge in [0.25, 0.3) is 0 Å². The molecule has 0 aromatic carbocycles. The quantitative estimate of drug-likeness (QED) is 0.476. The van der Waals surface area contributed by atoms with Gasteiger partial charge in [0.2, 0.25) is 0 Å². The maximum Gasteiger partial charge on any atom is 0.343 e. The number of thioether (sulfide) groups is 1. The zero-order valence-corrected chi connectivity index (χ0v) is 9.72. The van der Waals surface area contributed by atoms with Crippen molar-refractivity contribution < 1.29 is 9.53 Å². The number of nitrogens with two attached hydrogens (primary N) is 1. The fraction of sp³-hybridized carbons (Fsp3) is 0.444. The summed E-state index contributed by atoms with van der Waals surface area (Å²) in [6.45, 7) is 3.76. The number of carbonyl (C=O) groups excluding carboxylic acids is 1. The van der Waals surface area contributed by atoms with Gasteiger partial charge in [-0.05, 0) is 20.1 Å². The molecular weight excluding hydrogens is 214 g/mol. The number of esters is 1. The molecule has 1 rings (SSSR count). The second-order valence-electron chi connectivity index (χ2n) is 2.78. The Kier molecular flexibility index (Phi) is 3.90. The first-order valence-corrected chi connectivity index (χ1v) is 5.67. The average Bonchev–Trinajstić information content (AvgIpc) is 2.16. The number of carbonyl (C=O) groups is 1. The van der Waals surface area contributed by atoms with Gasteiger partial charge in [0.15, 0.2) is 5.16 Å². The van der Waals surface area contributed by atoms with Crippen LogP contribution in [0.25, 0.3) is 0 Å². The molecule has 1 heterocycles. The van der Waals surface area contributed by atoms with Crippen LogP contribution in [-0.2, 0) is 4.74 Å². The first-order chi connectivity index (χ1) is 7.10. The Bertz CT molecular complexity index is 359. The highest BCUT2D eigenvalue weighted by molar-refractivity contribution is 7.98. The molecule has 0 amide bonds. The summed E-state index contributed by atoms with van der Waals surface area (Å²) in [4.78, 5) is 19.6. The largest absolute Gasteiger partial charge is 0.462 e. The van der Waals surface area contributed by atoms with Crippen LogP contribution in [0.1, 0.15) is 23.0 Å². The maximum absolute atomic E-state index is 11.5. The molecule has 15 heavy (non-hydrogen) atoms. The maximum atomic E-state index is 11.5. The lowest BCUT2D eigenvalue weighted by atomic mass is 10.2. The summed E-state index contributed by atoms with van der Waals surface area (Å²) in [5.74, 6) is -0.301. The Morgan fingerprint density at radius 1 is 1.53 bits per heavy atom. The Morgan fingerprint density at radius 2 is 2.20 bits per heavy atom. The van der Waals surface area contributed by atoms with Crippen molar-refractivity contribution in [3.63, 3.8) is 0 Å². The van der Waals surface area contributed by atoms with Crippen molar-refractivity contribution in [2.24, 2.45) is 0 Å². The molecule has 0 saturated heterocycles. The minimum Gasteiger partial charge on any atom is -0.462 e. The molecule has 0 atom stereocenters. The number of nitrogen functional groups attached to an aromatic ring is 1. The van der Waals surface area contributed by atoms with Crippen molar-refractivity contribution in [1.29, 1.82) is 0 Å². The van der Waals surface area contributed by atoms with E-state index in [9.17, 15) is 4.79 Å². The Morgan fingerprint density at radius 3 is 2.67 bits per heavy atom. The topological polar surface area (TPSA) is 78.1 Å². The lowest BCUT2D eigenvalue weighted by Crippen LogP contribution is -2.13. The van der Waals surface area contributed by atoms with Gasteiger partial charge in [0.1, 0.15) is 11.4 Å². The third-order valence-electron chi connectivity index (χ3n) is 1.76. The third-order valence-corrected chi connectivity index (χ3v) is 2.31. The van der Waals surface area contributed by atoms with Gasteiger partial charge >= 0.3 is 5.97 Å². The normalized spacial score (nSPS) is 10.1. The zero-order chi connectivity index (χ0) is 11.4. The molecule has 0 aliphatic heterocycles. The van der Waals surface area contributed by atoms with E-state index in [1.54, 1.807) is 13.8 Å². The average molecular weight is 227 g/mol.